The number of nitrogens with one attached hydrogen (secondary N) is 1. The third-order valence-corrected chi connectivity index (χ3v) is 6.49. The highest BCUT2D eigenvalue weighted by Gasteiger charge is 2.29. The summed E-state index contributed by atoms with van der Waals surface area (Å²) in [5.74, 6) is 1.88. The monoisotopic (exact) mass is 515 g/mol. The van der Waals surface area contributed by atoms with Gasteiger partial charge >= 0.3 is 5.97 Å². The average molecular weight is 516 g/mol. The van der Waals surface area contributed by atoms with Crippen LogP contribution >= 0.6 is 0 Å². The Morgan fingerprint density at radius 2 is 1.79 bits per heavy atom. The first-order valence-corrected chi connectivity index (χ1v) is 12.9. The van der Waals surface area contributed by atoms with E-state index in [4.69, 9.17) is 18.6 Å². The molecule has 1 N–H and O–H groups in total. The molecule has 8 nitrogen and oxygen atoms in total. The van der Waals surface area contributed by atoms with E-state index >= 15 is 0 Å². The Morgan fingerprint density at radius 1 is 1.03 bits per heavy atom. The van der Waals surface area contributed by atoms with Gasteiger partial charge in [0, 0.05) is 17.2 Å². The van der Waals surface area contributed by atoms with Crippen LogP contribution in [0.25, 0.3) is 33.6 Å². The van der Waals surface area contributed by atoms with Gasteiger partial charge in [-0.05, 0) is 57.7 Å². The van der Waals surface area contributed by atoms with Crippen LogP contribution in [-0.4, -0.2) is 47.4 Å². The second-order valence-corrected chi connectivity index (χ2v) is 10.5. The smallest absolute Gasteiger partial charge is 0.332 e. The number of anilines is 1. The molecule has 2 heterocycles. The Bertz CT molecular complexity index is 1390. The van der Waals surface area contributed by atoms with Crippen molar-refractivity contribution in [2.24, 2.45) is 0 Å². The van der Waals surface area contributed by atoms with Gasteiger partial charge in [-0.15, -0.1) is 0 Å². The van der Waals surface area contributed by atoms with Gasteiger partial charge in [0.25, 0.3) is 0 Å². The van der Waals surface area contributed by atoms with E-state index in [0.29, 0.717) is 11.5 Å². The summed E-state index contributed by atoms with van der Waals surface area (Å²) in [5.41, 5.74) is 2.85. The van der Waals surface area contributed by atoms with Crippen LogP contribution in [0.3, 0.4) is 0 Å². The molecular formula is C30H33N3O5. The standard InChI is InChI=1S/C30H33N3O5/c1-30(2,3)38-24(34)17-36-23-15-12-21(16-23)33-28-26-25(19-10-13-22(35-4)14-11-19)27(20-8-6-5-7-9-20)37-29(26)32-18-31-28/h5-11,13-14,18,21,23H,12,15-17H2,1-4H3,(H,31,32,33)/t21-,23-/m1/s1. The number of ether oxygens (including phenoxy) is 3. The van der Waals surface area contributed by atoms with Crippen molar-refractivity contribution in [2.45, 2.75) is 57.8 Å². The fraction of sp³-hybridized carbons (Fsp3) is 0.367. The van der Waals surface area contributed by atoms with Crippen LogP contribution < -0.4 is 10.1 Å². The van der Waals surface area contributed by atoms with Gasteiger partial charge in [-0.1, -0.05) is 42.5 Å². The zero-order chi connectivity index (χ0) is 26.7. The molecular weight excluding hydrogens is 482 g/mol. The quantitative estimate of drug-likeness (QED) is 0.275. The lowest BCUT2D eigenvalue weighted by Crippen LogP contribution is -2.28. The molecule has 198 valence electrons. The van der Waals surface area contributed by atoms with Gasteiger partial charge in [-0.25, -0.2) is 14.8 Å². The van der Waals surface area contributed by atoms with Gasteiger partial charge in [-0.3, -0.25) is 0 Å². The predicted molar refractivity (Wildman–Crippen MR) is 146 cm³/mol. The molecule has 4 aromatic rings. The molecule has 1 fully saturated rings. The summed E-state index contributed by atoms with van der Waals surface area (Å²) in [6, 6.07) is 18.0. The summed E-state index contributed by atoms with van der Waals surface area (Å²) >= 11 is 0. The minimum atomic E-state index is -0.524. The Hall–Kier alpha value is -3.91. The van der Waals surface area contributed by atoms with Crippen molar-refractivity contribution in [3.05, 3.63) is 60.9 Å². The molecule has 2 aromatic heterocycles. The van der Waals surface area contributed by atoms with E-state index in [-0.39, 0.29) is 24.7 Å². The van der Waals surface area contributed by atoms with Crippen molar-refractivity contribution in [2.75, 3.05) is 19.0 Å². The van der Waals surface area contributed by atoms with Crippen LogP contribution in [0.15, 0.2) is 65.3 Å². The Kier molecular flexibility index (Phi) is 7.33. The van der Waals surface area contributed by atoms with Crippen molar-refractivity contribution in [1.82, 2.24) is 9.97 Å². The summed E-state index contributed by atoms with van der Waals surface area (Å²) in [5, 5.41) is 4.43. The Balaban J connectivity index is 1.42. The lowest BCUT2D eigenvalue weighted by atomic mass is 9.99. The zero-order valence-electron chi connectivity index (χ0n) is 22.2. The van der Waals surface area contributed by atoms with Crippen LogP contribution in [0.4, 0.5) is 5.82 Å². The van der Waals surface area contributed by atoms with E-state index in [1.54, 1.807) is 7.11 Å². The van der Waals surface area contributed by atoms with Crippen LogP contribution in [-0.2, 0) is 14.3 Å². The Labute approximate surface area is 222 Å². The SMILES string of the molecule is COc1ccc(-c2c(-c3ccccc3)oc3ncnc(N[C@@H]4CC[C@@H](OCC(=O)OC(C)(C)C)C4)c23)cc1. The number of carbonyl (C=O) groups excluding carboxylic acids is 1. The van der Waals surface area contributed by atoms with Gasteiger partial charge in [0.2, 0.25) is 5.71 Å². The molecule has 8 heteroatoms. The number of aromatic nitrogens is 2. The van der Waals surface area contributed by atoms with Crippen molar-refractivity contribution < 1.29 is 23.4 Å². The third kappa shape index (κ3) is 5.81. The largest absolute Gasteiger partial charge is 0.497 e. The maximum absolute atomic E-state index is 12.1. The number of nitrogens with zero attached hydrogens (tertiary/aromatic N) is 2. The van der Waals surface area contributed by atoms with Crippen molar-refractivity contribution in [1.29, 1.82) is 0 Å². The Morgan fingerprint density at radius 3 is 2.50 bits per heavy atom. The van der Waals surface area contributed by atoms with Gasteiger partial charge in [-0.2, -0.15) is 0 Å². The number of esters is 1. The third-order valence-electron chi connectivity index (χ3n) is 6.49. The van der Waals surface area contributed by atoms with Gasteiger partial charge in [0.1, 0.15) is 35.9 Å². The second-order valence-electron chi connectivity index (χ2n) is 10.5. The molecule has 2 atom stereocenters. The van der Waals surface area contributed by atoms with E-state index in [1.165, 1.54) is 6.33 Å². The fourth-order valence-electron chi connectivity index (χ4n) is 4.84. The van der Waals surface area contributed by atoms with Crippen molar-refractivity contribution >= 4 is 22.9 Å². The first kappa shape index (κ1) is 25.7. The first-order chi connectivity index (χ1) is 18.3. The normalized spacial score (nSPS) is 17.5. The van der Waals surface area contributed by atoms with E-state index in [0.717, 1.165) is 52.8 Å². The number of rotatable bonds is 8. The van der Waals surface area contributed by atoms with E-state index in [2.05, 4.69) is 15.3 Å². The molecule has 0 bridgehead atoms. The number of hydrogen-bond donors (Lipinski definition) is 1. The van der Waals surface area contributed by atoms with Gasteiger partial charge in [0.15, 0.2) is 0 Å². The van der Waals surface area contributed by atoms with Crippen LogP contribution in [0.1, 0.15) is 40.0 Å². The zero-order valence-corrected chi connectivity index (χ0v) is 22.2. The number of furan rings is 1. The topological polar surface area (TPSA) is 95.7 Å². The highest BCUT2D eigenvalue weighted by molar-refractivity contribution is 6.05. The van der Waals surface area contributed by atoms with Crippen LogP contribution in [0.5, 0.6) is 5.75 Å². The number of methoxy groups -OCH3 is 1. The highest BCUT2D eigenvalue weighted by atomic mass is 16.6. The molecule has 1 saturated carbocycles. The van der Waals surface area contributed by atoms with E-state index in [9.17, 15) is 4.79 Å². The number of fused-ring (bicyclic) bond motifs is 1. The van der Waals surface area contributed by atoms with Gasteiger partial charge in [0.05, 0.1) is 18.6 Å². The molecule has 38 heavy (non-hydrogen) atoms. The highest BCUT2D eigenvalue weighted by Crippen LogP contribution is 2.43. The molecule has 0 unspecified atom stereocenters. The molecule has 0 saturated heterocycles. The molecule has 0 radical (unpaired) electrons. The average Bonchev–Trinajstić information content (AvgIpc) is 3.52. The number of hydrogen-bond acceptors (Lipinski definition) is 8. The number of benzene rings is 2. The van der Waals surface area contributed by atoms with Crippen LogP contribution in [0, 0.1) is 0 Å². The first-order valence-electron chi connectivity index (χ1n) is 12.9. The van der Waals surface area contributed by atoms with E-state index in [1.807, 2.05) is 75.4 Å². The summed E-state index contributed by atoms with van der Waals surface area (Å²) in [6.07, 6.45) is 4.00. The summed E-state index contributed by atoms with van der Waals surface area (Å²) in [4.78, 5) is 21.1. The molecule has 0 amide bonds. The maximum Gasteiger partial charge on any atom is 0.332 e. The summed E-state index contributed by atoms with van der Waals surface area (Å²) < 4.78 is 22.9. The second kappa shape index (κ2) is 10.8. The fourth-order valence-corrected chi connectivity index (χ4v) is 4.84. The van der Waals surface area contributed by atoms with Crippen LogP contribution in [0.2, 0.25) is 0 Å². The minimum absolute atomic E-state index is 0.0253. The molecule has 0 aliphatic heterocycles. The lowest BCUT2D eigenvalue weighted by molar-refractivity contribution is -0.162. The minimum Gasteiger partial charge on any atom is -0.497 e. The molecule has 2 aromatic carbocycles. The lowest BCUT2D eigenvalue weighted by Gasteiger charge is -2.20. The van der Waals surface area contributed by atoms with Crippen molar-refractivity contribution in [3.8, 4) is 28.2 Å². The molecule has 1 aliphatic carbocycles. The van der Waals surface area contributed by atoms with Crippen molar-refractivity contribution in [3.63, 3.8) is 0 Å². The maximum atomic E-state index is 12.1. The predicted octanol–water partition coefficient (Wildman–Crippen LogP) is 6.26. The molecule has 1 aliphatic rings. The number of carbonyl (C=O) groups is 1. The van der Waals surface area contributed by atoms with Gasteiger partial charge < -0.3 is 23.9 Å². The summed E-state index contributed by atoms with van der Waals surface area (Å²) in [7, 11) is 1.65. The summed E-state index contributed by atoms with van der Waals surface area (Å²) in [6.45, 7) is 5.50. The molecule has 0 spiro atoms. The molecule has 5 rings (SSSR count). The van der Waals surface area contributed by atoms with E-state index < -0.39 is 5.60 Å².